The molecule has 0 aliphatic carbocycles. The number of nitrogens with two attached hydrogens (primary N) is 3. The van der Waals surface area contributed by atoms with Crippen LogP contribution in [0.3, 0.4) is 0 Å². The average molecular weight is 272 g/mol. The summed E-state index contributed by atoms with van der Waals surface area (Å²) < 4.78 is 0. The maximum atomic E-state index is 7.00. The summed E-state index contributed by atoms with van der Waals surface area (Å²) in [6.07, 6.45) is 0. The van der Waals surface area contributed by atoms with Crippen molar-refractivity contribution in [2.45, 2.75) is 6.92 Å². The minimum atomic E-state index is 0.0862. The van der Waals surface area contributed by atoms with E-state index in [0.29, 0.717) is 17.2 Å². The van der Waals surface area contributed by atoms with Crippen molar-refractivity contribution < 1.29 is 0 Å². The van der Waals surface area contributed by atoms with Gasteiger partial charge in [0.2, 0.25) is 0 Å². The van der Waals surface area contributed by atoms with Crippen molar-refractivity contribution in [3.05, 3.63) is 53.3 Å². The fourth-order valence-corrected chi connectivity index (χ4v) is 1.51. The van der Waals surface area contributed by atoms with Gasteiger partial charge < -0.3 is 22.2 Å². The number of hydrogen-bond acceptors (Lipinski definition) is 3. The molecule has 20 heavy (non-hydrogen) atoms. The predicted octanol–water partition coefficient (Wildman–Crippen LogP) is 1.21. The van der Waals surface area contributed by atoms with Gasteiger partial charge in [-0.25, -0.2) is 0 Å². The Balaban J connectivity index is 0.000000204. The van der Waals surface area contributed by atoms with Crippen molar-refractivity contribution in [2.24, 2.45) is 16.5 Å². The first-order valence-corrected chi connectivity index (χ1v) is 6.02. The zero-order valence-electron chi connectivity index (χ0n) is 11.6. The third-order valence-corrected chi connectivity index (χ3v) is 2.60. The van der Waals surface area contributed by atoms with Gasteiger partial charge in [-0.05, 0) is 31.2 Å². The second-order valence-electron chi connectivity index (χ2n) is 4.16. The van der Waals surface area contributed by atoms with Gasteiger partial charge in [-0.3, -0.25) is 10.4 Å². The van der Waals surface area contributed by atoms with Gasteiger partial charge in [-0.1, -0.05) is 12.1 Å². The zero-order valence-corrected chi connectivity index (χ0v) is 11.6. The number of benzene rings is 1. The van der Waals surface area contributed by atoms with Crippen LogP contribution in [0.2, 0.25) is 0 Å². The number of aliphatic imine (C=N–C) groups is 1. The third-order valence-electron chi connectivity index (χ3n) is 2.60. The van der Waals surface area contributed by atoms with Crippen LogP contribution in [-0.4, -0.2) is 23.7 Å². The van der Waals surface area contributed by atoms with Gasteiger partial charge in [0.15, 0.2) is 0 Å². The predicted molar refractivity (Wildman–Crippen MR) is 84.0 cm³/mol. The van der Waals surface area contributed by atoms with Crippen LogP contribution in [0.5, 0.6) is 0 Å². The second kappa shape index (κ2) is 6.98. The van der Waals surface area contributed by atoms with E-state index in [9.17, 15) is 0 Å². The average Bonchev–Trinajstić information content (AvgIpc) is 2.86. The van der Waals surface area contributed by atoms with Crippen LogP contribution in [0.4, 0.5) is 5.69 Å². The highest BCUT2D eigenvalue weighted by molar-refractivity contribution is 6.01. The lowest BCUT2D eigenvalue weighted by molar-refractivity contribution is 1.23. The highest BCUT2D eigenvalue weighted by Crippen LogP contribution is 2.08. The van der Waals surface area contributed by atoms with Gasteiger partial charge in [0.25, 0.3) is 0 Å². The Morgan fingerprint density at radius 3 is 2.20 bits per heavy atom. The third kappa shape index (κ3) is 4.16. The summed E-state index contributed by atoms with van der Waals surface area (Å²) in [7, 11) is 1.64. The molecule has 8 N–H and O–H groups in total. The molecule has 2 aromatic rings. The summed E-state index contributed by atoms with van der Waals surface area (Å²) >= 11 is 0. The Morgan fingerprint density at radius 1 is 1.15 bits per heavy atom. The van der Waals surface area contributed by atoms with Crippen LogP contribution in [0.15, 0.2) is 41.4 Å². The molecule has 1 aromatic heterocycles. The number of H-pyrrole nitrogens is 1. The van der Waals surface area contributed by atoms with E-state index in [0.717, 1.165) is 11.3 Å². The molecule has 0 fully saturated rings. The topological polar surface area (TPSA) is 130 Å². The number of aromatic amines is 1. The first-order valence-electron chi connectivity index (χ1n) is 6.02. The number of aryl methyl sites for hydroxylation is 1. The molecule has 6 nitrogen and oxygen atoms in total. The summed E-state index contributed by atoms with van der Waals surface area (Å²) in [5, 5.41) is 7.00. The van der Waals surface area contributed by atoms with E-state index >= 15 is 0 Å². The first-order chi connectivity index (χ1) is 9.45. The molecule has 0 amide bonds. The van der Waals surface area contributed by atoms with Crippen LogP contribution in [0.1, 0.15) is 17.0 Å². The Kier molecular flexibility index (Phi) is 5.34. The lowest BCUT2D eigenvalue weighted by Crippen LogP contribution is -2.14. The molecule has 0 radical (unpaired) electrons. The van der Waals surface area contributed by atoms with Crippen molar-refractivity contribution >= 4 is 17.4 Å². The van der Waals surface area contributed by atoms with E-state index < -0.39 is 0 Å². The molecule has 0 saturated heterocycles. The smallest absolute Gasteiger partial charge is 0.139 e. The van der Waals surface area contributed by atoms with Gasteiger partial charge in [-0.2, -0.15) is 0 Å². The van der Waals surface area contributed by atoms with Crippen molar-refractivity contribution in [3.8, 4) is 0 Å². The molecule has 0 saturated carbocycles. The molecular weight excluding hydrogens is 252 g/mol. The second-order valence-corrected chi connectivity index (χ2v) is 4.16. The summed E-state index contributed by atoms with van der Waals surface area (Å²) in [4.78, 5) is 6.76. The summed E-state index contributed by atoms with van der Waals surface area (Å²) in [6, 6.07) is 11.1. The molecular formula is C14H20N6. The van der Waals surface area contributed by atoms with Crippen LogP contribution in [0, 0.1) is 12.3 Å². The van der Waals surface area contributed by atoms with E-state index in [2.05, 4.69) is 9.98 Å². The minimum Gasteiger partial charge on any atom is -0.398 e. The van der Waals surface area contributed by atoms with Gasteiger partial charge in [-0.15, -0.1) is 0 Å². The Hall–Kier alpha value is -2.76. The van der Waals surface area contributed by atoms with Gasteiger partial charge in [0.05, 0.1) is 5.69 Å². The molecule has 0 bridgehead atoms. The Labute approximate surface area is 118 Å². The molecule has 2 rings (SSSR count). The van der Waals surface area contributed by atoms with Crippen molar-refractivity contribution in [1.82, 2.24) is 4.98 Å². The van der Waals surface area contributed by atoms with Crippen molar-refractivity contribution in [2.75, 3.05) is 12.8 Å². The number of aromatic nitrogens is 1. The molecule has 1 heterocycles. The number of nitrogens with zero attached hydrogens (tertiary/aromatic N) is 1. The lowest BCUT2D eigenvalue weighted by Gasteiger charge is -2.02. The summed E-state index contributed by atoms with van der Waals surface area (Å²) in [5.41, 5.74) is 19.6. The van der Waals surface area contributed by atoms with E-state index in [4.69, 9.17) is 22.6 Å². The molecule has 6 heteroatoms. The van der Waals surface area contributed by atoms with Crippen LogP contribution >= 0.6 is 0 Å². The highest BCUT2D eigenvalue weighted by Gasteiger charge is 1.99. The molecule has 0 aliphatic rings. The minimum absolute atomic E-state index is 0.0862. The highest BCUT2D eigenvalue weighted by atomic mass is 14.8. The van der Waals surface area contributed by atoms with E-state index in [1.165, 1.54) is 0 Å². The number of rotatable bonds is 2. The Bertz CT molecular complexity index is 612. The maximum absolute atomic E-state index is 7.00. The summed E-state index contributed by atoms with van der Waals surface area (Å²) in [5.74, 6) is 0.561. The molecule has 0 aliphatic heterocycles. The zero-order chi connectivity index (χ0) is 15.1. The molecule has 106 valence electrons. The lowest BCUT2D eigenvalue weighted by atomic mass is 10.2. The van der Waals surface area contributed by atoms with Crippen LogP contribution < -0.4 is 17.2 Å². The Morgan fingerprint density at radius 2 is 1.80 bits per heavy atom. The van der Waals surface area contributed by atoms with Gasteiger partial charge in [0, 0.05) is 24.0 Å². The van der Waals surface area contributed by atoms with Gasteiger partial charge in [0.1, 0.15) is 11.7 Å². The fraction of sp³-hybridized carbons (Fsp3) is 0.143. The number of anilines is 1. The number of para-hydroxylation sites is 1. The monoisotopic (exact) mass is 272 g/mol. The molecule has 0 spiro atoms. The standard InChI is InChI=1S/C8H11N3.C6H9N3/c1-11-8(10)6-4-2-3-5-7(6)9;1-4-2-3-5(9-4)6(7)8/h2-5H,9H2,1H3,(H2,10,11);2-3,9H,1H3,(H3,7,8). The maximum Gasteiger partial charge on any atom is 0.139 e. The largest absolute Gasteiger partial charge is 0.398 e. The fourth-order valence-electron chi connectivity index (χ4n) is 1.51. The molecule has 0 unspecified atom stereocenters. The van der Waals surface area contributed by atoms with Crippen molar-refractivity contribution in [1.29, 1.82) is 5.41 Å². The SMILES string of the molecule is CN=C(N)c1ccccc1N.Cc1ccc(C(=N)N)[nH]1. The van der Waals surface area contributed by atoms with Gasteiger partial charge >= 0.3 is 0 Å². The number of nitrogens with one attached hydrogen (secondary N) is 2. The van der Waals surface area contributed by atoms with Crippen LogP contribution in [0.25, 0.3) is 0 Å². The quantitative estimate of drug-likeness (QED) is 0.320. The van der Waals surface area contributed by atoms with E-state index in [1.807, 2.05) is 31.2 Å². The summed E-state index contributed by atoms with van der Waals surface area (Å²) in [6.45, 7) is 1.92. The van der Waals surface area contributed by atoms with Crippen LogP contribution in [-0.2, 0) is 0 Å². The number of nitrogen functional groups attached to an aromatic ring is 2. The molecule has 0 atom stereocenters. The normalized spacial score (nSPS) is 10.6. The first kappa shape index (κ1) is 15.3. The number of amidine groups is 2. The van der Waals surface area contributed by atoms with E-state index in [1.54, 1.807) is 19.2 Å². The van der Waals surface area contributed by atoms with Crippen molar-refractivity contribution in [3.63, 3.8) is 0 Å². The number of hydrogen-bond donors (Lipinski definition) is 5. The molecule has 1 aromatic carbocycles. The van der Waals surface area contributed by atoms with E-state index in [-0.39, 0.29) is 5.84 Å².